The van der Waals surface area contributed by atoms with Gasteiger partial charge in [-0.05, 0) is 5.41 Å². The maximum Gasteiger partial charge on any atom is 0.134 e. The van der Waals surface area contributed by atoms with Gasteiger partial charge >= 0.3 is 0 Å². The van der Waals surface area contributed by atoms with Crippen LogP contribution in [0.1, 0.15) is 20.8 Å². The summed E-state index contributed by atoms with van der Waals surface area (Å²) in [5.74, 6) is 0.773. The van der Waals surface area contributed by atoms with E-state index in [4.69, 9.17) is 11.6 Å². The van der Waals surface area contributed by atoms with Crippen LogP contribution in [0.5, 0.6) is 0 Å². The standard InChI is InChI=1S/C9H14ClN3/c1-9(2,3)5-11-8-4-7(10)12-6-13-8/h4,6H,5H2,1-3H3,(H,11,12,13). The molecule has 0 aliphatic rings. The van der Waals surface area contributed by atoms with E-state index in [0.717, 1.165) is 12.4 Å². The van der Waals surface area contributed by atoms with Gasteiger partial charge in [-0.25, -0.2) is 9.97 Å². The van der Waals surface area contributed by atoms with Gasteiger partial charge in [0.15, 0.2) is 0 Å². The van der Waals surface area contributed by atoms with E-state index in [1.807, 2.05) is 0 Å². The quantitative estimate of drug-likeness (QED) is 0.745. The van der Waals surface area contributed by atoms with Crippen LogP contribution >= 0.6 is 11.6 Å². The first-order valence-electron chi connectivity index (χ1n) is 4.19. The summed E-state index contributed by atoms with van der Waals surface area (Å²) >= 11 is 5.70. The molecule has 3 nitrogen and oxygen atoms in total. The number of aromatic nitrogens is 2. The Morgan fingerprint density at radius 3 is 2.62 bits per heavy atom. The molecule has 1 rings (SSSR count). The predicted molar refractivity (Wildman–Crippen MR) is 55.0 cm³/mol. The number of halogens is 1. The molecule has 0 radical (unpaired) electrons. The molecule has 0 fully saturated rings. The van der Waals surface area contributed by atoms with Crippen molar-refractivity contribution < 1.29 is 0 Å². The van der Waals surface area contributed by atoms with Crippen molar-refractivity contribution in [2.45, 2.75) is 20.8 Å². The third kappa shape index (κ3) is 4.08. The van der Waals surface area contributed by atoms with Crippen molar-refractivity contribution in [1.29, 1.82) is 0 Å². The zero-order valence-corrected chi connectivity index (χ0v) is 8.89. The van der Waals surface area contributed by atoms with Gasteiger partial charge in [0.2, 0.25) is 0 Å². The van der Waals surface area contributed by atoms with Crippen LogP contribution in [0.2, 0.25) is 5.15 Å². The number of nitrogens with one attached hydrogen (secondary N) is 1. The smallest absolute Gasteiger partial charge is 0.134 e. The van der Waals surface area contributed by atoms with Gasteiger partial charge in [0.25, 0.3) is 0 Å². The Morgan fingerprint density at radius 2 is 2.08 bits per heavy atom. The third-order valence-corrected chi connectivity index (χ3v) is 1.64. The van der Waals surface area contributed by atoms with E-state index in [0.29, 0.717) is 5.15 Å². The molecule has 72 valence electrons. The van der Waals surface area contributed by atoms with Gasteiger partial charge in [-0.2, -0.15) is 0 Å². The summed E-state index contributed by atoms with van der Waals surface area (Å²) in [6.45, 7) is 7.33. The Labute approximate surface area is 83.5 Å². The molecule has 1 heterocycles. The highest BCUT2D eigenvalue weighted by atomic mass is 35.5. The molecule has 0 saturated heterocycles. The van der Waals surface area contributed by atoms with Crippen LogP contribution in [0.15, 0.2) is 12.4 Å². The van der Waals surface area contributed by atoms with Gasteiger partial charge in [-0.1, -0.05) is 32.4 Å². The molecule has 1 aromatic heterocycles. The van der Waals surface area contributed by atoms with Crippen molar-refractivity contribution >= 4 is 17.4 Å². The van der Waals surface area contributed by atoms with Crippen LogP contribution in [0.4, 0.5) is 5.82 Å². The third-order valence-electron chi connectivity index (χ3n) is 1.43. The molecular formula is C9H14ClN3. The molecule has 0 aliphatic carbocycles. The van der Waals surface area contributed by atoms with E-state index >= 15 is 0 Å². The summed E-state index contributed by atoms with van der Waals surface area (Å²) in [5, 5.41) is 3.65. The molecule has 0 saturated carbocycles. The molecule has 0 aliphatic heterocycles. The van der Waals surface area contributed by atoms with Gasteiger partial charge in [-0.15, -0.1) is 0 Å². The van der Waals surface area contributed by atoms with Gasteiger partial charge < -0.3 is 5.32 Å². The first-order valence-corrected chi connectivity index (χ1v) is 4.57. The minimum Gasteiger partial charge on any atom is -0.369 e. The molecule has 0 aromatic carbocycles. The highest BCUT2D eigenvalue weighted by Gasteiger charge is 2.09. The maximum absolute atomic E-state index is 5.70. The van der Waals surface area contributed by atoms with Crippen LogP contribution in [-0.4, -0.2) is 16.5 Å². The zero-order chi connectivity index (χ0) is 9.90. The highest BCUT2D eigenvalue weighted by molar-refractivity contribution is 6.29. The van der Waals surface area contributed by atoms with E-state index in [-0.39, 0.29) is 5.41 Å². The average Bonchev–Trinajstić information content (AvgIpc) is 2.00. The van der Waals surface area contributed by atoms with Crippen molar-refractivity contribution in [3.8, 4) is 0 Å². The normalized spacial score (nSPS) is 11.4. The highest BCUT2D eigenvalue weighted by Crippen LogP contribution is 2.15. The molecule has 1 aromatic rings. The molecule has 0 bridgehead atoms. The van der Waals surface area contributed by atoms with Gasteiger partial charge in [0.1, 0.15) is 17.3 Å². The Kier molecular flexibility index (Phi) is 3.09. The Balaban J connectivity index is 2.55. The predicted octanol–water partition coefficient (Wildman–Crippen LogP) is 2.59. The second-order valence-corrected chi connectivity index (χ2v) is 4.53. The van der Waals surface area contributed by atoms with E-state index < -0.39 is 0 Å². The van der Waals surface area contributed by atoms with Crippen molar-refractivity contribution in [1.82, 2.24) is 9.97 Å². The fourth-order valence-corrected chi connectivity index (χ4v) is 0.933. The van der Waals surface area contributed by atoms with Gasteiger partial charge in [0, 0.05) is 12.6 Å². The molecule has 0 unspecified atom stereocenters. The lowest BCUT2D eigenvalue weighted by atomic mass is 9.97. The second-order valence-electron chi connectivity index (χ2n) is 4.14. The van der Waals surface area contributed by atoms with Gasteiger partial charge in [-0.3, -0.25) is 0 Å². The lowest BCUT2D eigenvalue weighted by molar-refractivity contribution is 0.442. The van der Waals surface area contributed by atoms with E-state index in [2.05, 4.69) is 36.1 Å². The van der Waals surface area contributed by atoms with E-state index in [9.17, 15) is 0 Å². The minimum atomic E-state index is 0.234. The van der Waals surface area contributed by atoms with Crippen molar-refractivity contribution in [3.63, 3.8) is 0 Å². The minimum absolute atomic E-state index is 0.234. The molecule has 4 heteroatoms. The summed E-state index contributed by atoms with van der Waals surface area (Å²) in [7, 11) is 0. The largest absolute Gasteiger partial charge is 0.369 e. The van der Waals surface area contributed by atoms with Crippen LogP contribution in [0.3, 0.4) is 0 Å². The molecular weight excluding hydrogens is 186 g/mol. The number of hydrogen-bond acceptors (Lipinski definition) is 3. The number of rotatable bonds is 2. The van der Waals surface area contributed by atoms with E-state index in [1.165, 1.54) is 6.33 Å². The molecule has 13 heavy (non-hydrogen) atoms. The first-order chi connectivity index (χ1) is 5.97. The van der Waals surface area contributed by atoms with Crippen molar-refractivity contribution in [3.05, 3.63) is 17.5 Å². The lowest BCUT2D eigenvalue weighted by Crippen LogP contribution is -2.19. The van der Waals surface area contributed by atoms with Crippen LogP contribution in [-0.2, 0) is 0 Å². The number of hydrogen-bond donors (Lipinski definition) is 1. The first kappa shape index (κ1) is 10.3. The van der Waals surface area contributed by atoms with Crippen LogP contribution in [0.25, 0.3) is 0 Å². The fraction of sp³-hybridized carbons (Fsp3) is 0.556. The Morgan fingerprint density at radius 1 is 1.38 bits per heavy atom. The molecule has 1 N–H and O–H groups in total. The lowest BCUT2D eigenvalue weighted by Gasteiger charge is -2.18. The summed E-state index contributed by atoms with van der Waals surface area (Å²) in [6, 6.07) is 1.72. The second kappa shape index (κ2) is 3.92. The fourth-order valence-electron chi connectivity index (χ4n) is 0.786. The SMILES string of the molecule is CC(C)(C)CNc1cc(Cl)ncn1. The topological polar surface area (TPSA) is 37.8 Å². The maximum atomic E-state index is 5.70. The van der Waals surface area contributed by atoms with Gasteiger partial charge in [0.05, 0.1) is 0 Å². The summed E-state index contributed by atoms with van der Waals surface area (Å²) in [6.07, 6.45) is 1.45. The molecule has 0 spiro atoms. The summed E-state index contributed by atoms with van der Waals surface area (Å²) in [5.41, 5.74) is 0.234. The van der Waals surface area contributed by atoms with Crippen LogP contribution < -0.4 is 5.32 Å². The number of anilines is 1. The monoisotopic (exact) mass is 199 g/mol. The Hall–Kier alpha value is -0.830. The zero-order valence-electron chi connectivity index (χ0n) is 8.13. The summed E-state index contributed by atoms with van der Waals surface area (Å²) in [4.78, 5) is 7.83. The number of nitrogens with zero attached hydrogens (tertiary/aromatic N) is 2. The van der Waals surface area contributed by atoms with Crippen molar-refractivity contribution in [2.75, 3.05) is 11.9 Å². The van der Waals surface area contributed by atoms with Crippen molar-refractivity contribution in [2.24, 2.45) is 5.41 Å². The average molecular weight is 200 g/mol. The van der Waals surface area contributed by atoms with E-state index in [1.54, 1.807) is 6.07 Å². The molecule has 0 atom stereocenters. The molecule has 0 amide bonds. The van der Waals surface area contributed by atoms with Crippen LogP contribution in [0, 0.1) is 5.41 Å². The Bertz CT molecular complexity index is 280. The summed E-state index contributed by atoms with van der Waals surface area (Å²) < 4.78 is 0.